The molecule has 2 aromatic rings. The molecule has 1 N–H and O–H groups in total. The Hall–Kier alpha value is -2.74. The van der Waals surface area contributed by atoms with E-state index < -0.39 is 11.7 Å². The lowest BCUT2D eigenvalue weighted by Gasteiger charge is -2.38. The molecule has 1 heterocycles. The van der Waals surface area contributed by atoms with E-state index in [4.69, 9.17) is 9.47 Å². The van der Waals surface area contributed by atoms with Crippen LogP contribution in [0.2, 0.25) is 0 Å². The van der Waals surface area contributed by atoms with Crippen LogP contribution in [0.15, 0.2) is 42.5 Å². The molecule has 0 unspecified atom stereocenters. The quantitative estimate of drug-likeness (QED) is 0.762. The Labute approximate surface area is 167 Å². The minimum atomic E-state index is -4.38. The van der Waals surface area contributed by atoms with Gasteiger partial charge in [0, 0.05) is 38.3 Å². The molecule has 29 heavy (non-hydrogen) atoms. The lowest BCUT2D eigenvalue weighted by Crippen LogP contribution is -2.52. The number of ether oxygens (including phenoxy) is 2. The fourth-order valence-corrected chi connectivity index (χ4v) is 3.26. The second kappa shape index (κ2) is 8.73. The Kier molecular flexibility index (Phi) is 6.32. The van der Waals surface area contributed by atoms with E-state index in [9.17, 15) is 18.0 Å². The van der Waals surface area contributed by atoms with Crippen LogP contribution in [0.1, 0.15) is 16.7 Å². The SMILES string of the molecule is CNC(=O)C1CN(Cc2ccc(OCc3cccc(C(F)(F)F)c3)cc2OC)C1. The molecule has 1 aliphatic rings. The summed E-state index contributed by atoms with van der Waals surface area (Å²) in [7, 11) is 3.19. The van der Waals surface area contributed by atoms with E-state index in [0.717, 1.165) is 17.7 Å². The fourth-order valence-electron chi connectivity index (χ4n) is 3.26. The number of benzene rings is 2. The summed E-state index contributed by atoms with van der Waals surface area (Å²) in [4.78, 5) is 13.7. The predicted molar refractivity (Wildman–Crippen MR) is 102 cm³/mol. The van der Waals surface area contributed by atoms with Crippen molar-refractivity contribution in [2.24, 2.45) is 5.92 Å². The standard InChI is InChI=1S/C21H23F3N2O3/c1-25-20(27)16-11-26(12-16)10-15-6-7-18(9-19(15)28-2)29-13-14-4-3-5-17(8-14)21(22,23)24/h3-9,16H,10-13H2,1-2H3,(H,25,27). The molecule has 1 aliphatic heterocycles. The number of nitrogens with one attached hydrogen (secondary N) is 1. The monoisotopic (exact) mass is 408 g/mol. The van der Waals surface area contributed by atoms with Crippen LogP contribution in [0.3, 0.4) is 0 Å². The number of methoxy groups -OCH3 is 1. The topological polar surface area (TPSA) is 50.8 Å². The summed E-state index contributed by atoms with van der Waals surface area (Å²) in [5.41, 5.74) is 0.689. The van der Waals surface area contributed by atoms with Gasteiger partial charge in [0.1, 0.15) is 18.1 Å². The van der Waals surface area contributed by atoms with Gasteiger partial charge in [-0.1, -0.05) is 18.2 Å². The number of carbonyl (C=O) groups excluding carboxylic acids is 1. The van der Waals surface area contributed by atoms with Crippen LogP contribution >= 0.6 is 0 Å². The number of hydrogen-bond acceptors (Lipinski definition) is 4. The summed E-state index contributed by atoms with van der Waals surface area (Å²) < 4.78 is 49.5. The number of rotatable bonds is 7. The number of alkyl halides is 3. The van der Waals surface area contributed by atoms with E-state index in [1.54, 1.807) is 32.4 Å². The average Bonchev–Trinajstić information content (AvgIpc) is 2.68. The van der Waals surface area contributed by atoms with Crippen LogP contribution in [-0.4, -0.2) is 38.1 Å². The first kappa shape index (κ1) is 21.0. The highest BCUT2D eigenvalue weighted by molar-refractivity contribution is 5.79. The number of carbonyl (C=O) groups is 1. The van der Waals surface area contributed by atoms with Crippen molar-refractivity contribution in [1.82, 2.24) is 10.2 Å². The Balaban J connectivity index is 1.60. The van der Waals surface area contributed by atoms with Crippen molar-refractivity contribution < 1.29 is 27.4 Å². The minimum absolute atomic E-state index is 0.0149. The zero-order valence-electron chi connectivity index (χ0n) is 16.3. The highest BCUT2D eigenvalue weighted by atomic mass is 19.4. The van der Waals surface area contributed by atoms with E-state index in [0.29, 0.717) is 36.7 Å². The van der Waals surface area contributed by atoms with E-state index in [2.05, 4.69) is 10.2 Å². The van der Waals surface area contributed by atoms with Crippen molar-refractivity contribution in [1.29, 1.82) is 0 Å². The van der Waals surface area contributed by atoms with Gasteiger partial charge in [0.25, 0.3) is 0 Å². The first-order valence-electron chi connectivity index (χ1n) is 9.20. The summed E-state index contributed by atoms with van der Waals surface area (Å²) in [6.45, 7) is 2.05. The molecule has 8 heteroatoms. The van der Waals surface area contributed by atoms with Gasteiger partial charge in [-0.25, -0.2) is 0 Å². The molecule has 0 saturated carbocycles. The third kappa shape index (κ3) is 5.20. The van der Waals surface area contributed by atoms with E-state index in [-0.39, 0.29) is 18.4 Å². The Morgan fingerprint density at radius 1 is 1.21 bits per heavy atom. The molecule has 2 aromatic carbocycles. The van der Waals surface area contributed by atoms with Crippen molar-refractivity contribution in [3.63, 3.8) is 0 Å². The van der Waals surface area contributed by atoms with E-state index in [1.807, 2.05) is 6.07 Å². The van der Waals surface area contributed by atoms with Gasteiger partial charge in [-0.3, -0.25) is 9.69 Å². The average molecular weight is 408 g/mol. The van der Waals surface area contributed by atoms with E-state index >= 15 is 0 Å². The molecule has 0 aliphatic carbocycles. The normalized spacial score (nSPS) is 14.9. The Morgan fingerprint density at radius 3 is 2.62 bits per heavy atom. The molecule has 1 fully saturated rings. The van der Waals surface area contributed by atoms with Gasteiger partial charge < -0.3 is 14.8 Å². The van der Waals surface area contributed by atoms with Crippen molar-refractivity contribution in [3.05, 3.63) is 59.2 Å². The zero-order chi connectivity index (χ0) is 21.0. The van der Waals surface area contributed by atoms with E-state index in [1.165, 1.54) is 6.07 Å². The summed E-state index contributed by atoms with van der Waals surface area (Å²) in [5.74, 6) is 1.21. The molecule has 0 atom stereocenters. The second-order valence-electron chi connectivity index (χ2n) is 6.97. The van der Waals surface area contributed by atoms with Gasteiger partial charge in [-0.15, -0.1) is 0 Å². The molecule has 0 spiro atoms. The van der Waals surface area contributed by atoms with Crippen LogP contribution in [0.5, 0.6) is 11.5 Å². The summed E-state index contributed by atoms with van der Waals surface area (Å²) in [6.07, 6.45) is -4.38. The van der Waals surface area contributed by atoms with Crippen molar-refractivity contribution in [3.8, 4) is 11.5 Å². The number of nitrogens with zero attached hydrogens (tertiary/aromatic N) is 1. The maximum absolute atomic E-state index is 12.8. The van der Waals surface area contributed by atoms with Crippen molar-refractivity contribution in [2.75, 3.05) is 27.2 Å². The third-order valence-electron chi connectivity index (χ3n) is 4.89. The van der Waals surface area contributed by atoms with Gasteiger partial charge in [0.2, 0.25) is 5.91 Å². The lowest BCUT2D eigenvalue weighted by molar-refractivity contribution is -0.137. The fraction of sp³-hybridized carbons (Fsp3) is 0.381. The second-order valence-corrected chi connectivity index (χ2v) is 6.97. The van der Waals surface area contributed by atoms with Crippen LogP contribution in [0, 0.1) is 5.92 Å². The number of halogens is 3. The van der Waals surface area contributed by atoms with Crippen LogP contribution in [0.4, 0.5) is 13.2 Å². The molecule has 5 nitrogen and oxygen atoms in total. The summed E-state index contributed by atoms with van der Waals surface area (Å²) in [5, 5.41) is 2.65. The molecule has 0 radical (unpaired) electrons. The van der Waals surface area contributed by atoms with Gasteiger partial charge >= 0.3 is 6.18 Å². The maximum Gasteiger partial charge on any atom is 0.416 e. The van der Waals surface area contributed by atoms with Crippen LogP contribution in [0.25, 0.3) is 0 Å². The highest BCUT2D eigenvalue weighted by Gasteiger charge is 2.32. The zero-order valence-corrected chi connectivity index (χ0v) is 16.3. The van der Waals surface area contributed by atoms with Crippen molar-refractivity contribution >= 4 is 5.91 Å². The maximum atomic E-state index is 12.8. The third-order valence-corrected chi connectivity index (χ3v) is 4.89. The first-order chi connectivity index (χ1) is 13.8. The molecular formula is C21H23F3N2O3. The summed E-state index contributed by atoms with van der Waals surface area (Å²) in [6, 6.07) is 10.4. The largest absolute Gasteiger partial charge is 0.496 e. The smallest absolute Gasteiger partial charge is 0.416 e. The minimum Gasteiger partial charge on any atom is -0.496 e. The summed E-state index contributed by atoms with van der Waals surface area (Å²) >= 11 is 0. The molecule has 0 aromatic heterocycles. The molecule has 1 saturated heterocycles. The molecule has 0 bridgehead atoms. The van der Waals surface area contributed by atoms with Gasteiger partial charge in [-0.05, 0) is 23.8 Å². The van der Waals surface area contributed by atoms with Gasteiger partial charge in [0.15, 0.2) is 0 Å². The number of amides is 1. The molecule has 3 rings (SSSR count). The molecule has 1 amide bonds. The first-order valence-corrected chi connectivity index (χ1v) is 9.20. The number of hydrogen-bond donors (Lipinski definition) is 1. The van der Waals surface area contributed by atoms with Crippen LogP contribution < -0.4 is 14.8 Å². The highest BCUT2D eigenvalue weighted by Crippen LogP contribution is 2.31. The van der Waals surface area contributed by atoms with Gasteiger partial charge in [-0.2, -0.15) is 13.2 Å². The molecule has 156 valence electrons. The Bertz CT molecular complexity index is 864. The molecular weight excluding hydrogens is 385 g/mol. The number of likely N-dealkylation sites (tertiary alicyclic amines) is 1. The Morgan fingerprint density at radius 2 is 1.97 bits per heavy atom. The van der Waals surface area contributed by atoms with Crippen molar-refractivity contribution in [2.45, 2.75) is 19.3 Å². The predicted octanol–water partition coefficient (Wildman–Crippen LogP) is 3.47. The van der Waals surface area contributed by atoms with Gasteiger partial charge in [0.05, 0.1) is 18.6 Å². The lowest BCUT2D eigenvalue weighted by atomic mass is 9.98. The van der Waals surface area contributed by atoms with Crippen LogP contribution in [-0.2, 0) is 24.1 Å².